The lowest BCUT2D eigenvalue weighted by Gasteiger charge is -2.06. The van der Waals surface area contributed by atoms with Crippen molar-refractivity contribution in [1.82, 2.24) is 0 Å². The summed E-state index contributed by atoms with van der Waals surface area (Å²) in [7, 11) is 0. The van der Waals surface area contributed by atoms with Crippen molar-refractivity contribution in [2.24, 2.45) is 0 Å². The number of carbonyl (C=O) groups is 1. The first-order valence-corrected chi connectivity index (χ1v) is 6.24. The molecule has 0 fully saturated rings. The minimum absolute atomic E-state index is 0.268. The highest BCUT2D eigenvalue weighted by molar-refractivity contribution is 5.89. The SMILES string of the molecule is CCCC/C=C(\CC)OC(=O)c1ccccc1. The number of unbranched alkanes of at least 4 members (excludes halogenated alkanes) is 2. The van der Waals surface area contributed by atoms with E-state index in [9.17, 15) is 4.79 Å². The van der Waals surface area contributed by atoms with Gasteiger partial charge in [-0.3, -0.25) is 0 Å². The molecule has 0 bridgehead atoms. The molecule has 0 radical (unpaired) electrons. The first-order valence-electron chi connectivity index (χ1n) is 6.24. The number of esters is 1. The molecule has 1 rings (SSSR count). The maximum absolute atomic E-state index is 11.8. The van der Waals surface area contributed by atoms with E-state index in [1.807, 2.05) is 31.2 Å². The zero-order valence-electron chi connectivity index (χ0n) is 10.6. The van der Waals surface area contributed by atoms with Gasteiger partial charge in [-0.15, -0.1) is 0 Å². The molecule has 0 saturated heterocycles. The first-order chi connectivity index (χ1) is 8.27. The second-order valence-corrected chi connectivity index (χ2v) is 3.92. The predicted octanol–water partition coefficient (Wildman–Crippen LogP) is 4.33. The maximum Gasteiger partial charge on any atom is 0.343 e. The Morgan fingerprint density at radius 1 is 1.24 bits per heavy atom. The molecule has 0 aliphatic rings. The van der Waals surface area contributed by atoms with Crippen molar-refractivity contribution < 1.29 is 9.53 Å². The Morgan fingerprint density at radius 3 is 2.53 bits per heavy atom. The van der Waals surface area contributed by atoms with Gasteiger partial charge in [0.2, 0.25) is 0 Å². The van der Waals surface area contributed by atoms with E-state index < -0.39 is 0 Å². The number of hydrogen-bond donors (Lipinski definition) is 0. The molecule has 0 aliphatic carbocycles. The van der Waals surface area contributed by atoms with E-state index >= 15 is 0 Å². The van der Waals surface area contributed by atoms with Gasteiger partial charge in [-0.25, -0.2) is 4.79 Å². The Hall–Kier alpha value is -1.57. The van der Waals surface area contributed by atoms with E-state index in [0.717, 1.165) is 31.4 Å². The molecular weight excluding hydrogens is 212 g/mol. The van der Waals surface area contributed by atoms with Gasteiger partial charge in [0.25, 0.3) is 0 Å². The van der Waals surface area contributed by atoms with Gasteiger partial charge in [-0.2, -0.15) is 0 Å². The average molecular weight is 232 g/mol. The Bertz CT molecular complexity index is 366. The molecule has 0 heterocycles. The largest absolute Gasteiger partial charge is 0.428 e. The van der Waals surface area contributed by atoms with Crippen LogP contribution in [-0.2, 0) is 4.74 Å². The maximum atomic E-state index is 11.8. The number of rotatable bonds is 6. The van der Waals surface area contributed by atoms with Crippen molar-refractivity contribution in [3.8, 4) is 0 Å². The highest BCUT2D eigenvalue weighted by Crippen LogP contribution is 2.11. The van der Waals surface area contributed by atoms with Crippen LogP contribution in [0, 0.1) is 0 Å². The number of benzene rings is 1. The molecule has 0 N–H and O–H groups in total. The van der Waals surface area contributed by atoms with Crippen molar-refractivity contribution in [3.63, 3.8) is 0 Å². The summed E-state index contributed by atoms with van der Waals surface area (Å²) in [6.07, 6.45) is 6.03. The van der Waals surface area contributed by atoms with Gasteiger partial charge in [0.05, 0.1) is 5.56 Å². The minimum Gasteiger partial charge on any atom is -0.428 e. The minimum atomic E-state index is -0.268. The molecule has 1 aromatic rings. The molecule has 0 amide bonds. The van der Waals surface area contributed by atoms with Crippen LogP contribution in [0.1, 0.15) is 49.9 Å². The monoisotopic (exact) mass is 232 g/mol. The van der Waals surface area contributed by atoms with Crippen molar-refractivity contribution in [2.75, 3.05) is 0 Å². The lowest BCUT2D eigenvalue weighted by Crippen LogP contribution is -2.04. The van der Waals surface area contributed by atoms with Crippen molar-refractivity contribution in [2.45, 2.75) is 39.5 Å². The van der Waals surface area contributed by atoms with Crippen molar-refractivity contribution in [1.29, 1.82) is 0 Å². The van der Waals surface area contributed by atoms with Gasteiger partial charge in [-0.1, -0.05) is 38.5 Å². The third-order valence-corrected chi connectivity index (χ3v) is 2.51. The number of allylic oxidation sites excluding steroid dienone is 2. The Labute approximate surface area is 103 Å². The first kappa shape index (κ1) is 13.5. The molecule has 2 nitrogen and oxygen atoms in total. The van der Waals surface area contributed by atoms with Crippen LogP contribution in [0.5, 0.6) is 0 Å². The Kier molecular flexibility index (Phi) is 6.08. The highest BCUT2D eigenvalue weighted by atomic mass is 16.5. The molecule has 0 aromatic heterocycles. The van der Waals surface area contributed by atoms with Gasteiger partial charge >= 0.3 is 5.97 Å². The summed E-state index contributed by atoms with van der Waals surface area (Å²) in [6.45, 7) is 4.14. The average Bonchev–Trinajstić information content (AvgIpc) is 2.38. The van der Waals surface area contributed by atoms with E-state index in [1.54, 1.807) is 12.1 Å². The Morgan fingerprint density at radius 2 is 1.94 bits per heavy atom. The lowest BCUT2D eigenvalue weighted by molar-refractivity contribution is 0.0615. The molecule has 1 aromatic carbocycles. The molecule has 0 saturated carbocycles. The van der Waals surface area contributed by atoms with Gasteiger partial charge in [0, 0.05) is 6.42 Å². The summed E-state index contributed by atoms with van der Waals surface area (Å²) >= 11 is 0. The topological polar surface area (TPSA) is 26.3 Å². The van der Waals surface area contributed by atoms with Crippen LogP contribution in [0.15, 0.2) is 42.2 Å². The van der Waals surface area contributed by atoms with Gasteiger partial charge < -0.3 is 4.74 Å². The van der Waals surface area contributed by atoms with Crippen LogP contribution in [0.2, 0.25) is 0 Å². The fraction of sp³-hybridized carbons (Fsp3) is 0.400. The quantitative estimate of drug-likeness (QED) is 0.414. The second-order valence-electron chi connectivity index (χ2n) is 3.92. The standard InChI is InChI=1S/C15H20O2/c1-3-5-7-12-14(4-2)17-15(16)13-10-8-6-9-11-13/h6,8-12H,3-5,7H2,1-2H3/b14-12+. The van der Waals surface area contributed by atoms with Crippen molar-refractivity contribution in [3.05, 3.63) is 47.7 Å². The molecular formula is C15H20O2. The fourth-order valence-corrected chi connectivity index (χ4v) is 1.48. The van der Waals surface area contributed by atoms with Crippen molar-refractivity contribution >= 4 is 5.97 Å². The molecule has 0 atom stereocenters. The molecule has 2 heteroatoms. The van der Waals surface area contributed by atoms with Crippen LogP contribution in [0.4, 0.5) is 0 Å². The Balaban J connectivity index is 2.57. The molecule has 0 aliphatic heterocycles. The van der Waals surface area contributed by atoms with E-state index in [-0.39, 0.29) is 5.97 Å². The third kappa shape index (κ3) is 4.85. The van der Waals surface area contributed by atoms with Gasteiger partial charge in [0.15, 0.2) is 0 Å². The molecule has 17 heavy (non-hydrogen) atoms. The molecule has 0 unspecified atom stereocenters. The number of carbonyl (C=O) groups excluding carboxylic acids is 1. The summed E-state index contributed by atoms with van der Waals surface area (Å²) in [6, 6.07) is 9.09. The number of ether oxygens (including phenoxy) is 1. The summed E-state index contributed by atoms with van der Waals surface area (Å²) < 4.78 is 5.35. The lowest BCUT2D eigenvalue weighted by atomic mass is 10.2. The highest BCUT2D eigenvalue weighted by Gasteiger charge is 2.07. The predicted molar refractivity (Wildman–Crippen MR) is 69.8 cm³/mol. The zero-order valence-corrected chi connectivity index (χ0v) is 10.6. The van der Waals surface area contributed by atoms with Crippen LogP contribution in [0.25, 0.3) is 0 Å². The van der Waals surface area contributed by atoms with E-state index in [1.165, 1.54) is 0 Å². The van der Waals surface area contributed by atoms with Crippen LogP contribution in [-0.4, -0.2) is 5.97 Å². The van der Waals surface area contributed by atoms with Gasteiger partial charge in [0.1, 0.15) is 5.76 Å². The van der Waals surface area contributed by atoms with Crippen LogP contribution >= 0.6 is 0 Å². The van der Waals surface area contributed by atoms with E-state index in [0.29, 0.717) is 5.56 Å². The number of hydrogen-bond acceptors (Lipinski definition) is 2. The van der Waals surface area contributed by atoms with Crippen LogP contribution < -0.4 is 0 Å². The smallest absolute Gasteiger partial charge is 0.343 e. The normalized spacial score (nSPS) is 11.3. The van der Waals surface area contributed by atoms with E-state index in [4.69, 9.17) is 4.74 Å². The molecule has 92 valence electrons. The summed E-state index contributed by atoms with van der Waals surface area (Å²) in [5, 5.41) is 0. The summed E-state index contributed by atoms with van der Waals surface area (Å²) in [5.74, 6) is 0.502. The third-order valence-electron chi connectivity index (χ3n) is 2.51. The fourth-order valence-electron chi connectivity index (χ4n) is 1.48. The zero-order chi connectivity index (χ0) is 12.5. The second kappa shape index (κ2) is 7.66. The van der Waals surface area contributed by atoms with Crippen LogP contribution in [0.3, 0.4) is 0 Å². The van der Waals surface area contributed by atoms with E-state index in [2.05, 4.69) is 6.92 Å². The summed E-state index contributed by atoms with van der Waals surface area (Å²) in [5.41, 5.74) is 0.599. The van der Waals surface area contributed by atoms with Gasteiger partial charge in [-0.05, 0) is 31.1 Å². The summed E-state index contributed by atoms with van der Waals surface area (Å²) in [4.78, 5) is 11.8. The molecule has 0 spiro atoms.